The smallest absolute Gasteiger partial charge is 0.241 e. The zero-order valence-electron chi connectivity index (χ0n) is 16.2. The van der Waals surface area contributed by atoms with Crippen LogP contribution in [0.25, 0.3) is 10.8 Å². The van der Waals surface area contributed by atoms with Crippen molar-refractivity contribution in [2.45, 2.75) is 37.6 Å². The van der Waals surface area contributed by atoms with Gasteiger partial charge in [-0.25, -0.2) is 13.1 Å². The molecule has 0 saturated heterocycles. The Morgan fingerprint density at radius 3 is 2.36 bits per heavy atom. The van der Waals surface area contributed by atoms with Gasteiger partial charge in [0.05, 0.1) is 11.3 Å². The minimum Gasteiger partial charge on any atom is -0.326 e. The fourth-order valence-electron chi connectivity index (χ4n) is 3.03. The molecule has 0 unspecified atom stereocenters. The first kappa shape index (κ1) is 20.0. The van der Waals surface area contributed by atoms with Crippen LogP contribution in [0.3, 0.4) is 0 Å². The molecule has 0 aliphatic rings. The van der Waals surface area contributed by atoms with E-state index in [1.165, 1.54) is 12.1 Å². The van der Waals surface area contributed by atoms with E-state index >= 15 is 0 Å². The Hall–Kier alpha value is -2.70. The number of amides is 1. The first-order valence-corrected chi connectivity index (χ1v) is 10.5. The predicted octanol–water partition coefficient (Wildman–Crippen LogP) is 4.10. The summed E-state index contributed by atoms with van der Waals surface area (Å²) in [4.78, 5) is 12.7. The lowest BCUT2D eigenvalue weighted by Gasteiger charge is -2.20. The van der Waals surface area contributed by atoms with Crippen LogP contribution in [0.15, 0.2) is 71.6 Å². The Kier molecular flexibility index (Phi) is 5.54. The number of anilines is 1. The second-order valence-electron chi connectivity index (χ2n) is 7.75. The molecule has 1 amide bonds. The molecule has 3 rings (SSSR count). The van der Waals surface area contributed by atoms with Gasteiger partial charge in [0.2, 0.25) is 15.9 Å². The molecule has 5 nitrogen and oxygen atoms in total. The van der Waals surface area contributed by atoms with Crippen molar-refractivity contribution in [1.29, 1.82) is 0 Å². The fourth-order valence-corrected chi connectivity index (χ4v) is 4.49. The molecule has 28 heavy (non-hydrogen) atoms. The summed E-state index contributed by atoms with van der Waals surface area (Å²) in [7, 11) is -3.67. The van der Waals surface area contributed by atoms with Gasteiger partial charge >= 0.3 is 0 Å². The zero-order valence-corrected chi connectivity index (χ0v) is 17.0. The van der Waals surface area contributed by atoms with Crippen molar-refractivity contribution < 1.29 is 13.2 Å². The zero-order chi connectivity index (χ0) is 20.4. The maximum absolute atomic E-state index is 12.5. The van der Waals surface area contributed by atoms with Crippen LogP contribution in [0.4, 0.5) is 5.69 Å². The van der Waals surface area contributed by atoms with E-state index in [9.17, 15) is 13.2 Å². The summed E-state index contributed by atoms with van der Waals surface area (Å²) in [6.45, 7) is 5.33. The van der Waals surface area contributed by atoms with E-state index in [0.717, 1.165) is 16.3 Å². The third-order valence-corrected chi connectivity index (χ3v) is 5.86. The second-order valence-corrected chi connectivity index (χ2v) is 9.43. The molecule has 0 spiro atoms. The Morgan fingerprint density at radius 2 is 1.61 bits per heavy atom. The molecule has 6 heteroatoms. The number of carbonyl (C=O) groups is 1. The normalized spacial score (nSPS) is 12.1. The lowest BCUT2D eigenvalue weighted by Crippen LogP contribution is -2.40. The SMILES string of the molecule is CC(C)(C)NS(=O)(=O)c1cccc(NC(=O)Cc2cccc3ccccc23)c1. The number of nitrogens with one attached hydrogen (secondary N) is 2. The maximum atomic E-state index is 12.5. The van der Waals surface area contributed by atoms with Crippen LogP contribution >= 0.6 is 0 Å². The van der Waals surface area contributed by atoms with Crippen molar-refractivity contribution in [2.24, 2.45) is 0 Å². The van der Waals surface area contributed by atoms with Crippen LogP contribution in [-0.2, 0) is 21.2 Å². The first-order chi connectivity index (χ1) is 13.1. The first-order valence-electron chi connectivity index (χ1n) is 9.05. The van der Waals surface area contributed by atoms with Gasteiger partial charge in [-0.3, -0.25) is 4.79 Å². The third-order valence-electron chi connectivity index (χ3n) is 4.10. The highest BCUT2D eigenvalue weighted by Crippen LogP contribution is 2.21. The van der Waals surface area contributed by atoms with Gasteiger partial charge in [0.15, 0.2) is 0 Å². The van der Waals surface area contributed by atoms with E-state index in [1.807, 2.05) is 42.5 Å². The van der Waals surface area contributed by atoms with Gasteiger partial charge in [0.1, 0.15) is 0 Å². The minimum atomic E-state index is -3.67. The maximum Gasteiger partial charge on any atom is 0.241 e. The van der Waals surface area contributed by atoms with E-state index in [0.29, 0.717) is 5.69 Å². The minimum absolute atomic E-state index is 0.116. The molecule has 0 aromatic heterocycles. The highest BCUT2D eigenvalue weighted by Gasteiger charge is 2.22. The molecular formula is C22H24N2O3S. The van der Waals surface area contributed by atoms with Crippen LogP contribution < -0.4 is 10.0 Å². The molecule has 146 valence electrons. The summed E-state index contributed by atoms with van der Waals surface area (Å²) in [6, 6.07) is 20.0. The van der Waals surface area contributed by atoms with E-state index in [4.69, 9.17) is 0 Å². The molecule has 3 aromatic carbocycles. The highest BCUT2D eigenvalue weighted by molar-refractivity contribution is 7.89. The van der Waals surface area contributed by atoms with Gasteiger partial charge in [-0.1, -0.05) is 48.5 Å². The number of rotatable bonds is 5. The van der Waals surface area contributed by atoms with Crippen molar-refractivity contribution in [1.82, 2.24) is 4.72 Å². The van der Waals surface area contributed by atoms with Crippen molar-refractivity contribution >= 4 is 32.4 Å². The van der Waals surface area contributed by atoms with Gasteiger partial charge in [-0.05, 0) is 55.3 Å². The largest absolute Gasteiger partial charge is 0.326 e. The third kappa shape index (κ3) is 4.97. The van der Waals surface area contributed by atoms with Crippen molar-refractivity contribution in [3.63, 3.8) is 0 Å². The van der Waals surface area contributed by atoms with Crippen LogP contribution in [0, 0.1) is 0 Å². The summed E-state index contributed by atoms with van der Waals surface area (Å²) < 4.78 is 27.6. The lowest BCUT2D eigenvalue weighted by atomic mass is 10.0. The number of hydrogen-bond donors (Lipinski definition) is 2. The van der Waals surface area contributed by atoms with Gasteiger partial charge in [-0.15, -0.1) is 0 Å². The molecule has 0 atom stereocenters. The number of benzene rings is 3. The van der Waals surface area contributed by atoms with E-state index < -0.39 is 15.6 Å². The fraction of sp³-hybridized carbons (Fsp3) is 0.227. The molecule has 0 aliphatic carbocycles. The van der Waals surface area contributed by atoms with Crippen LogP contribution in [0.1, 0.15) is 26.3 Å². The topological polar surface area (TPSA) is 75.3 Å². The Bertz CT molecular complexity index is 1110. The van der Waals surface area contributed by atoms with Gasteiger partial charge in [0.25, 0.3) is 0 Å². The molecule has 0 fully saturated rings. The Morgan fingerprint density at radius 1 is 0.929 bits per heavy atom. The number of fused-ring (bicyclic) bond motifs is 1. The number of sulfonamides is 1. The summed E-state index contributed by atoms with van der Waals surface area (Å²) >= 11 is 0. The molecular weight excluding hydrogens is 372 g/mol. The molecule has 0 heterocycles. The van der Waals surface area contributed by atoms with E-state index in [-0.39, 0.29) is 17.2 Å². The molecule has 3 aromatic rings. The van der Waals surface area contributed by atoms with E-state index in [2.05, 4.69) is 10.0 Å². The predicted molar refractivity (Wildman–Crippen MR) is 113 cm³/mol. The Balaban J connectivity index is 1.78. The van der Waals surface area contributed by atoms with Crippen LogP contribution in [-0.4, -0.2) is 19.9 Å². The van der Waals surface area contributed by atoms with Gasteiger partial charge < -0.3 is 5.32 Å². The van der Waals surface area contributed by atoms with E-state index in [1.54, 1.807) is 32.9 Å². The van der Waals surface area contributed by atoms with Crippen LogP contribution in [0.5, 0.6) is 0 Å². The number of carbonyl (C=O) groups excluding carboxylic acids is 1. The van der Waals surface area contributed by atoms with Crippen molar-refractivity contribution in [3.05, 3.63) is 72.3 Å². The number of hydrogen-bond acceptors (Lipinski definition) is 3. The average molecular weight is 397 g/mol. The summed E-state index contributed by atoms with van der Waals surface area (Å²) in [5.74, 6) is -0.199. The standard InChI is InChI=1S/C22H24N2O3S/c1-22(2,3)24-28(26,27)19-12-7-11-18(15-19)23-21(25)14-17-10-6-9-16-8-4-5-13-20(16)17/h4-13,15,24H,14H2,1-3H3,(H,23,25). The average Bonchev–Trinajstić information content (AvgIpc) is 2.60. The summed E-state index contributed by atoms with van der Waals surface area (Å²) in [6.07, 6.45) is 0.207. The molecule has 0 saturated carbocycles. The van der Waals surface area contributed by atoms with Gasteiger partial charge in [-0.2, -0.15) is 0 Å². The molecule has 2 N–H and O–H groups in total. The molecule has 0 bridgehead atoms. The quantitative estimate of drug-likeness (QED) is 0.682. The highest BCUT2D eigenvalue weighted by atomic mass is 32.2. The molecule has 0 aliphatic heterocycles. The Labute approximate surface area is 165 Å². The van der Waals surface area contributed by atoms with Crippen LogP contribution in [0.2, 0.25) is 0 Å². The summed E-state index contributed by atoms with van der Waals surface area (Å²) in [5, 5.41) is 4.91. The van der Waals surface area contributed by atoms with Crippen molar-refractivity contribution in [2.75, 3.05) is 5.32 Å². The second kappa shape index (κ2) is 7.73. The summed E-state index contributed by atoms with van der Waals surface area (Å²) in [5.41, 5.74) is 0.780. The van der Waals surface area contributed by atoms with Gasteiger partial charge in [0, 0.05) is 11.2 Å². The monoisotopic (exact) mass is 396 g/mol. The lowest BCUT2D eigenvalue weighted by molar-refractivity contribution is -0.115. The van der Waals surface area contributed by atoms with Crippen molar-refractivity contribution in [3.8, 4) is 0 Å². The molecule has 0 radical (unpaired) electrons.